The molecule has 2 aromatic carbocycles. The van der Waals surface area contributed by atoms with E-state index in [1.165, 1.54) is 10.8 Å². The number of hydrogen-bond donors (Lipinski definition) is 1. The van der Waals surface area contributed by atoms with Gasteiger partial charge in [0.15, 0.2) is 0 Å². The predicted molar refractivity (Wildman–Crippen MR) is 81.1 cm³/mol. The molecule has 0 amide bonds. The summed E-state index contributed by atoms with van der Waals surface area (Å²) < 4.78 is 16.5. The first-order chi connectivity index (χ1) is 9.22. The van der Waals surface area contributed by atoms with Crippen molar-refractivity contribution in [2.75, 3.05) is 25.7 Å². The third kappa shape index (κ3) is 3.55. The average Bonchev–Trinajstić information content (AvgIpc) is 2.43. The van der Waals surface area contributed by atoms with E-state index < -0.39 is 10.8 Å². The van der Waals surface area contributed by atoms with E-state index in [4.69, 9.17) is 4.74 Å². The SMILES string of the molecule is COc1ccc2ccccc2c1CNCCS(C)=O. The summed E-state index contributed by atoms with van der Waals surface area (Å²) in [4.78, 5) is 0. The maximum atomic E-state index is 11.0. The highest BCUT2D eigenvalue weighted by Gasteiger charge is 2.07. The molecule has 1 N–H and O–H groups in total. The average molecular weight is 277 g/mol. The number of rotatable bonds is 6. The lowest BCUT2D eigenvalue weighted by Crippen LogP contribution is -2.20. The summed E-state index contributed by atoms with van der Waals surface area (Å²) in [6.45, 7) is 1.47. The molecule has 3 nitrogen and oxygen atoms in total. The number of fused-ring (bicyclic) bond motifs is 1. The third-order valence-corrected chi connectivity index (χ3v) is 3.86. The molecule has 0 heterocycles. The highest BCUT2D eigenvalue weighted by molar-refractivity contribution is 7.84. The monoisotopic (exact) mass is 277 g/mol. The van der Waals surface area contributed by atoms with Crippen LogP contribution in [-0.4, -0.2) is 29.9 Å². The Morgan fingerprint density at radius 1 is 1.21 bits per heavy atom. The van der Waals surface area contributed by atoms with Crippen LogP contribution in [0, 0.1) is 0 Å². The molecule has 1 atom stereocenters. The van der Waals surface area contributed by atoms with Crippen molar-refractivity contribution in [3.63, 3.8) is 0 Å². The molecule has 0 spiro atoms. The highest BCUT2D eigenvalue weighted by atomic mass is 32.2. The standard InChI is InChI=1S/C15H19NO2S/c1-18-15-8-7-12-5-3-4-6-13(12)14(15)11-16-9-10-19(2)17/h3-8,16H,9-11H2,1-2H3. The Hall–Kier alpha value is -1.39. The van der Waals surface area contributed by atoms with Crippen molar-refractivity contribution in [1.82, 2.24) is 5.32 Å². The molecule has 2 aromatic rings. The maximum Gasteiger partial charge on any atom is 0.123 e. The summed E-state index contributed by atoms with van der Waals surface area (Å²) in [5.74, 6) is 1.57. The third-order valence-electron chi connectivity index (χ3n) is 3.09. The van der Waals surface area contributed by atoms with Crippen LogP contribution in [0.25, 0.3) is 10.8 Å². The number of benzene rings is 2. The van der Waals surface area contributed by atoms with Crippen LogP contribution in [0.1, 0.15) is 5.56 Å². The van der Waals surface area contributed by atoms with E-state index in [1.54, 1.807) is 13.4 Å². The first-order valence-electron chi connectivity index (χ1n) is 6.27. The van der Waals surface area contributed by atoms with E-state index in [1.807, 2.05) is 18.2 Å². The fourth-order valence-corrected chi connectivity index (χ4v) is 2.55. The number of nitrogens with one attached hydrogen (secondary N) is 1. The van der Waals surface area contributed by atoms with Gasteiger partial charge in [-0.15, -0.1) is 0 Å². The van der Waals surface area contributed by atoms with Gasteiger partial charge in [0, 0.05) is 41.5 Å². The van der Waals surface area contributed by atoms with Gasteiger partial charge in [-0.05, 0) is 16.8 Å². The first kappa shape index (κ1) is 14.0. The maximum absolute atomic E-state index is 11.0. The molecule has 0 aliphatic rings. The molecule has 2 rings (SSSR count). The lowest BCUT2D eigenvalue weighted by atomic mass is 10.0. The van der Waals surface area contributed by atoms with Gasteiger partial charge in [0.1, 0.15) is 5.75 Å². The smallest absolute Gasteiger partial charge is 0.123 e. The van der Waals surface area contributed by atoms with Crippen molar-refractivity contribution in [2.24, 2.45) is 0 Å². The Morgan fingerprint density at radius 3 is 2.74 bits per heavy atom. The summed E-state index contributed by atoms with van der Waals surface area (Å²) in [6, 6.07) is 12.3. The van der Waals surface area contributed by atoms with E-state index in [0.29, 0.717) is 5.75 Å². The molecule has 1 unspecified atom stereocenters. The quantitative estimate of drug-likeness (QED) is 0.824. The molecule has 0 saturated carbocycles. The first-order valence-corrected chi connectivity index (χ1v) is 8.00. The van der Waals surface area contributed by atoms with E-state index in [9.17, 15) is 4.21 Å². The number of ether oxygens (including phenoxy) is 1. The summed E-state index contributed by atoms with van der Waals surface area (Å²) >= 11 is 0. The van der Waals surface area contributed by atoms with Crippen LogP contribution in [0.5, 0.6) is 5.75 Å². The Labute approximate surface area is 116 Å². The Morgan fingerprint density at radius 2 is 2.00 bits per heavy atom. The van der Waals surface area contributed by atoms with Gasteiger partial charge in [-0.3, -0.25) is 4.21 Å². The van der Waals surface area contributed by atoms with E-state index in [2.05, 4.69) is 23.5 Å². The van der Waals surface area contributed by atoms with E-state index in [-0.39, 0.29) is 0 Å². The summed E-state index contributed by atoms with van der Waals surface area (Å²) in [6.07, 6.45) is 1.72. The van der Waals surface area contributed by atoms with Gasteiger partial charge >= 0.3 is 0 Å². The molecule has 0 radical (unpaired) electrons. The van der Waals surface area contributed by atoms with Crippen molar-refractivity contribution in [2.45, 2.75) is 6.54 Å². The highest BCUT2D eigenvalue weighted by Crippen LogP contribution is 2.27. The molecule has 102 valence electrons. The molecule has 0 fully saturated rings. The minimum absolute atomic E-state index is 0.674. The van der Waals surface area contributed by atoms with Crippen LogP contribution in [-0.2, 0) is 17.3 Å². The zero-order chi connectivity index (χ0) is 13.7. The minimum atomic E-state index is -0.751. The second-order valence-corrected chi connectivity index (χ2v) is 5.98. The van der Waals surface area contributed by atoms with Gasteiger partial charge in [0.25, 0.3) is 0 Å². The van der Waals surface area contributed by atoms with Gasteiger partial charge in [-0.1, -0.05) is 30.3 Å². The minimum Gasteiger partial charge on any atom is -0.496 e. The van der Waals surface area contributed by atoms with Crippen molar-refractivity contribution in [1.29, 1.82) is 0 Å². The van der Waals surface area contributed by atoms with Crippen LogP contribution in [0.4, 0.5) is 0 Å². The number of methoxy groups -OCH3 is 1. The van der Waals surface area contributed by atoms with Crippen LogP contribution in [0.2, 0.25) is 0 Å². The summed E-state index contributed by atoms with van der Waals surface area (Å²) in [5.41, 5.74) is 1.16. The van der Waals surface area contributed by atoms with Crippen molar-refractivity contribution in [3.8, 4) is 5.75 Å². The molecule has 4 heteroatoms. The van der Waals surface area contributed by atoms with Crippen molar-refractivity contribution < 1.29 is 8.95 Å². The van der Waals surface area contributed by atoms with Gasteiger partial charge < -0.3 is 10.1 Å². The van der Waals surface area contributed by atoms with Gasteiger partial charge in [0.05, 0.1) is 7.11 Å². The normalized spacial score (nSPS) is 12.5. The van der Waals surface area contributed by atoms with E-state index >= 15 is 0 Å². The summed E-state index contributed by atoms with van der Waals surface area (Å²) in [7, 11) is 0.938. The van der Waals surface area contributed by atoms with Gasteiger partial charge in [-0.25, -0.2) is 0 Å². The number of hydrogen-bond acceptors (Lipinski definition) is 3. The largest absolute Gasteiger partial charge is 0.496 e. The molecule has 19 heavy (non-hydrogen) atoms. The molecule has 0 bridgehead atoms. The Bertz CT molecular complexity index is 583. The molecule has 0 aromatic heterocycles. The van der Waals surface area contributed by atoms with Crippen molar-refractivity contribution in [3.05, 3.63) is 42.0 Å². The van der Waals surface area contributed by atoms with Crippen LogP contribution >= 0.6 is 0 Å². The Balaban J connectivity index is 2.21. The lowest BCUT2D eigenvalue weighted by Gasteiger charge is -2.12. The van der Waals surface area contributed by atoms with Crippen LogP contribution in [0.15, 0.2) is 36.4 Å². The summed E-state index contributed by atoms with van der Waals surface area (Å²) in [5, 5.41) is 5.74. The van der Waals surface area contributed by atoms with Gasteiger partial charge in [0.2, 0.25) is 0 Å². The predicted octanol–water partition coefficient (Wildman–Crippen LogP) is 2.32. The molecular weight excluding hydrogens is 258 g/mol. The van der Waals surface area contributed by atoms with Crippen molar-refractivity contribution >= 4 is 21.6 Å². The van der Waals surface area contributed by atoms with Crippen LogP contribution < -0.4 is 10.1 Å². The molecule has 0 saturated heterocycles. The Kier molecular flexibility index (Phi) is 4.93. The second kappa shape index (κ2) is 6.68. The molecular formula is C15H19NO2S. The zero-order valence-corrected chi connectivity index (χ0v) is 12.1. The second-order valence-electron chi connectivity index (χ2n) is 4.42. The molecule has 0 aliphatic heterocycles. The van der Waals surface area contributed by atoms with Gasteiger partial charge in [-0.2, -0.15) is 0 Å². The fourth-order valence-electron chi connectivity index (χ4n) is 2.12. The topological polar surface area (TPSA) is 38.3 Å². The van der Waals surface area contributed by atoms with Crippen LogP contribution in [0.3, 0.4) is 0 Å². The lowest BCUT2D eigenvalue weighted by molar-refractivity contribution is 0.409. The molecule has 0 aliphatic carbocycles. The van der Waals surface area contributed by atoms with E-state index in [0.717, 1.165) is 24.4 Å². The fraction of sp³-hybridized carbons (Fsp3) is 0.333. The zero-order valence-electron chi connectivity index (χ0n) is 11.3.